The van der Waals surface area contributed by atoms with E-state index in [-0.39, 0.29) is 0 Å². The number of nitrogens with zero attached hydrogens (tertiary/aromatic N) is 2. The van der Waals surface area contributed by atoms with Crippen molar-refractivity contribution in [2.45, 2.75) is 13.3 Å². The molecule has 2 rings (SSSR count). The van der Waals surface area contributed by atoms with Crippen molar-refractivity contribution in [3.05, 3.63) is 47.1 Å². The Kier molecular flexibility index (Phi) is 3.37. The van der Waals surface area contributed by atoms with Gasteiger partial charge in [0.15, 0.2) is 11.0 Å². The standard InChI is InChI=1S/C12H12ClN3/c1-2-9-4-3-5-10(8-9)14-12-7-6-11(13)15-16-12/h3-8H,2H2,1H3,(H,14,16). The van der Waals surface area contributed by atoms with Crippen LogP contribution in [0.25, 0.3) is 0 Å². The van der Waals surface area contributed by atoms with E-state index in [0.29, 0.717) is 11.0 Å². The highest BCUT2D eigenvalue weighted by Gasteiger charge is 1.97. The van der Waals surface area contributed by atoms with E-state index in [0.717, 1.165) is 12.1 Å². The van der Waals surface area contributed by atoms with Gasteiger partial charge >= 0.3 is 0 Å². The Morgan fingerprint density at radius 3 is 2.75 bits per heavy atom. The lowest BCUT2D eigenvalue weighted by atomic mass is 10.1. The van der Waals surface area contributed by atoms with Gasteiger partial charge in [-0.25, -0.2) is 0 Å². The van der Waals surface area contributed by atoms with Crippen LogP contribution in [0.4, 0.5) is 11.5 Å². The number of aryl methyl sites for hydroxylation is 1. The van der Waals surface area contributed by atoms with Crippen LogP contribution in [0.1, 0.15) is 12.5 Å². The molecule has 1 heterocycles. The lowest BCUT2D eigenvalue weighted by Gasteiger charge is -2.06. The molecule has 0 bridgehead atoms. The molecule has 0 amide bonds. The van der Waals surface area contributed by atoms with Gasteiger partial charge in [-0.3, -0.25) is 0 Å². The molecule has 2 aromatic rings. The minimum Gasteiger partial charge on any atom is -0.339 e. The summed E-state index contributed by atoms with van der Waals surface area (Å²) in [5, 5.41) is 11.3. The molecule has 1 aromatic carbocycles. The maximum absolute atomic E-state index is 5.66. The van der Waals surface area contributed by atoms with Gasteiger partial charge in [-0.15, -0.1) is 10.2 Å². The van der Waals surface area contributed by atoms with E-state index in [1.165, 1.54) is 5.56 Å². The first-order valence-corrected chi connectivity index (χ1v) is 5.51. The van der Waals surface area contributed by atoms with Gasteiger partial charge < -0.3 is 5.32 Å². The molecule has 0 atom stereocenters. The van der Waals surface area contributed by atoms with Crippen LogP contribution in [-0.2, 0) is 6.42 Å². The first-order chi connectivity index (χ1) is 7.78. The molecule has 82 valence electrons. The molecule has 16 heavy (non-hydrogen) atoms. The minimum atomic E-state index is 0.396. The Balaban J connectivity index is 2.16. The number of hydrogen-bond acceptors (Lipinski definition) is 3. The summed E-state index contributed by atoms with van der Waals surface area (Å²) in [6, 6.07) is 11.7. The molecule has 4 heteroatoms. The largest absolute Gasteiger partial charge is 0.339 e. The predicted octanol–water partition coefficient (Wildman–Crippen LogP) is 3.44. The third-order valence-electron chi connectivity index (χ3n) is 2.24. The molecule has 0 unspecified atom stereocenters. The quantitative estimate of drug-likeness (QED) is 0.883. The van der Waals surface area contributed by atoms with Crippen LogP contribution in [0.5, 0.6) is 0 Å². The van der Waals surface area contributed by atoms with E-state index >= 15 is 0 Å². The summed E-state index contributed by atoms with van der Waals surface area (Å²) >= 11 is 5.66. The van der Waals surface area contributed by atoms with Crippen molar-refractivity contribution in [3.8, 4) is 0 Å². The Morgan fingerprint density at radius 2 is 2.06 bits per heavy atom. The maximum Gasteiger partial charge on any atom is 0.153 e. The molecule has 1 N–H and O–H groups in total. The zero-order valence-corrected chi connectivity index (χ0v) is 9.70. The summed E-state index contributed by atoms with van der Waals surface area (Å²) < 4.78 is 0. The van der Waals surface area contributed by atoms with Crippen molar-refractivity contribution in [2.75, 3.05) is 5.32 Å². The van der Waals surface area contributed by atoms with E-state index in [1.807, 2.05) is 12.1 Å². The van der Waals surface area contributed by atoms with Gasteiger partial charge in [-0.1, -0.05) is 30.7 Å². The topological polar surface area (TPSA) is 37.8 Å². The zero-order valence-electron chi connectivity index (χ0n) is 8.94. The Hall–Kier alpha value is -1.61. The van der Waals surface area contributed by atoms with Crippen LogP contribution in [0.15, 0.2) is 36.4 Å². The fourth-order valence-electron chi connectivity index (χ4n) is 1.40. The van der Waals surface area contributed by atoms with Crippen LogP contribution in [-0.4, -0.2) is 10.2 Å². The summed E-state index contributed by atoms with van der Waals surface area (Å²) in [4.78, 5) is 0. The second kappa shape index (κ2) is 4.94. The summed E-state index contributed by atoms with van der Waals surface area (Å²) in [5.74, 6) is 0.692. The molecule has 0 saturated heterocycles. The lowest BCUT2D eigenvalue weighted by Crippen LogP contribution is -1.95. The van der Waals surface area contributed by atoms with Crippen molar-refractivity contribution in [2.24, 2.45) is 0 Å². The van der Waals surface area contributed by atoms with Crippen LogP contribution >= 0.6 is 11.6 Å². The first kappa shape index (κ1) is 10.9. The van der Waals surface area contributed by atoms with Gasteiger partial charge in [-0.2, -0.15) is 0 Å². The van der Waals surface area contributed by atoms with Crippen molar-refractivity contribution < 1.29 is 0 Å². The highest BCUT2D eigenvalue weighted by molar-refractivity contribution is 6.29. The molecule has 0 aliphatic rings. The fourth-order valence-corrected chi connectivity index (χ4v) is 1.50. The monoisotopic (exact) mass is 233 g/mol. The summed E-state index contributed by atoms with van der Waals surface area (Å²) in [5.41, 5.74) is 2.29. The van der Waals surface area contributed by atoms with Crippen molar-refractivity contribution in [1.29, 1.82) is 0 Å². The van der Waals surface area contributed by atoms with Gasteiger partial charge in [-0.05, 0) is 36.2 Å². The Bertz CT molecular complexity index is 468. The normalized spacial score (nSPS) is 10.1. The minimum absolute atomic E-state index is 0.396. The first-order valence-electron chi connectivity index (χ1n) is 5.13. The highest BCUT2D eigenvalue weighted by Crippen LogP contribution is 2.16. The van der Waals surface area contributed by atoms with Crippen LogP contribution in [0, 0.1) is 0 Å². The average molecular weight is 234 g/mol. The molecular formula is C12H12ClN3. The van der Waals surface area contributed by atoms with Crippen LogP contribution in [0.2, 0.25) is 5.15 Å². The molecule has 0 spiro atoms. The number of aromatic nitrogens is 2. The Labute approximate surface area is 99.5 Å². The number of rotatable bonds is 3. The fraction of sp³-hybridized carbons (Fsp3) is 0.167. The smallest absolute Gasteiger partial charge is 0.153 e. The number of hydrogen-bond donors (Lipinski definition) is 1. The van der Waals surface area contributed by atoms with E-state index in [2.05, 4.69) is 34.6 Å². The molecule has 0 aliphatic carbocycles. The van der Waals surface area contributed by atoms with Crippen LogP contribution in [0.3, 0.4) is 0 Å². The van der Waals surface area contributed by atoms with E-state index in [9.17, 15) is 0 Å². The Morgan fingerprint density at radius 1 is 1.19 bits per heavy atom. The second-order valence-electron chi connectivity index (χ2n) is 3.42. The van der Waals surface area contributed by atoms with Crippen molar-refractivity contribution in [1.82, 2.24) is 10.2 Å². The van der Waals surface area contributed by atoms with Crippen molar-refractivity contribution in [3.63, 3.8) is 0 Å². The van der Waals surface area contributed by atoms with E-state index in [1.54, 1.807) is 12.1 Å². The molecule has 0 radical (unpaired) electrons. The number of halogens is 1. The lowest BCUT2D eigenvalue weighted by molar-refractivity contribution is 1.04. The van der Waals surface area contributed by atoms with E-state index in [4.69, 9.17) is 11.6 Å². The third kappa shape index (κ3) is 2.70. The summed E-state index contributed by atoms with van der Waals surface area (Å²) in [6.07, 6.45) is 1.02. The zero-order chi connectivity index (χ0) is 11.4. The van der Waals surface area contributed by atoms with E-state index < -0.39 is 0 Å². The maximum atomic E-state index is 5.66. The number of benzene rings is 1. The second-order valence-corrected chi connectivity index (χ2v) is 3.81. The van der Waals surface area contributed by atoms with Gasteiger partial charge in [0.2, 0.25) is 0 Å². The number of nitrogens with one attached hydrogen (secondary N) is 1. The molecule has 0 aliphatic heterocycles. The predicted molar refractivity (Wildman–Crippen MR) is 66.1 cm³/mol. The molecular weight excluding hydrogens is 222 g/mol. The van der Waals surface area contributed by atoms with Gasteiger partial charge in [0.25, 0.3) is 0 Å². The van der Waals surface area contributed by atoms with Crippen LogP contribution < -0.4 is 5.32 Å². The molecule has 3 nitrogen and oxygen atoms in total. The third-order valence-corrected chi connectivity index (χ3v) is 2.44. The number of anilines is 2. The molecule has 0 fully saturated rings. The molecule has 1 aromatic heterocycles. The SMILES string of the molecule is CCc1cccc(Nc2ccc(Cl)nn2)c1. The molecule has 0 saturated carbocycles. The average Bonchev–Trinajstić information content (AvgIpc) is 2.32. The van der Waals surface area contributed by atoms with Gasteiger partial charge in [0.1, 0.15) is 0 Å². The van der Waals surface area contributed by atoms with Crippen molar-refractivity contribution >= 4 is 23.1 Å². The highest BCUT2D eigenvalue weighted by atomic mass is 35.5. The van der Waals surface area contributed by atoms with Gasteiger partial charge in [0, 0.05) is 5.69 Å². The summed E-state index contributed by atoms with van der Waals surface area (Å²) in [7, 11) is 0. The van der Waals surface area contributed by atoms with Gasteiger partial charge in [0.05, 0.1) is 0 Å². The summed E-state index contributed by atoms with van der Waals surface area (Å²) in [6.45, 7) is 2.13.